The maximum absolute atomic E-state index is 13.2. The SMILES string of the molecule is Cc1nn(-c2ccc(F)cc2)c(C)c1C(=O)N[C@@H]1C[C@@H](C)N(C2CC2)C1. The molecule has 1 saturated carbocycles. The molecular formula is C20H25FN4O. The molecule has 1 aliphatic heterocycles. The van der Waals surface area contributed by atoms with Crippen LogP contribution in [-0.4, -0.2) is 45.3 Å². The number of amides is 1. The molecule has 1 N–H and O–H groups in total. The predicted octanol–water partition coefficient (Wildman–Crippen LogP) is 2.98. The van der Waals surface area contributed by atoms with Crippen LogP contribution in [-0.2, 0) is 0 Å². The molecule has 0 bridgehead atoms. The number of aromatic nitrogens is 2. The van der Waals surface area contributed by atoms with Gasteiger partial charge in [-0.25, -0.2) is 9.07 Å². The van der Waals surface area contributed by atoms with Crippen molar-refractivity contribution in [1.29, 1.82) is 0 Å². The van der Waals surface area contributed by atoms with Crippen molar-refractivity contribution in [3.8, 4) is 5.69 Å². The first-order chi connectivity index (χ1) is 12.4. The Morgan fingerprint density at radius 3 is 2.58 bits per heavy atom. The van der Waals surface area contributed by atoms with E-state index in [1.54, 1.807) is 16.8 Å². The van der Waals surface area contributed by atoms with Crippen molar-refractivity contribution in [2.45, 2.75) is 58.2 Å². The number of rotatable bonds is 4. The van der Waals surface area contributed by atoms with Crippen LogP contribution in [0.3, 0.4) is 0 Å². The van der Waals surface area contributed by atoms with Crippen LogP contribution in [0.25, 0.3) is 5.69 Å². The Morgan fingerprint density at radius 2 is 1.92 bits per heavy atom. The molecule has 138 valence electrons. The van der Waals surface area contributed by atoms with Crippen molar-refractivity contribution in [2.24, 2.45) is 0 Å². The van der Waals surface area contributed by atoms with E-state index in [1.165, 1.54) is 25.0 Å². The van der Waals surface area contributed by atoms with E-state index < -0.39 is 0 Å². The number of hydrogen-bond donors (Lipinski definition) is 1. The highest BCUT2D eigenvalue weighted by Gasteiger charge is 2.39. The Hall–Kier alpha value is -2.21. The molecular weight excluding hydrogens is 331 g/mol. The summed E-state index contributed by atoms with van der Waals surface area (Å²) in [6, 6.07) is 7.57. The molecule has 2 heterocycles. The summed E-state index contributed by atoms with van der Waals surface area (Å²) in [5.74, 6) is -0.355. The van der Waals surface area contributed by atoms with E-state index in [2.05, 4.69) is 22.2 Å². The molecule has 2 atom stereocenters. The lowest BCUT2D eigenvalue weighted by molar-refractivity contribution is 0.0936. The standard InChI is InChI=1S/C20H25FN4O/c1-12-10-16(11-24(12)17-8-9-17)22-20(26)19-13(2)23-25(14(19)3)18-6-4-15(21)5-7-18/h4-7,12,16-17H,8-11H2,1-3H3,(H,22,26)/t12-,16-/m1/s1. The second-order valence-corrected chi connectivity index (χ2v) is 7.62. The Labute approximate surface area is 153 Å². The van der Waals surface area contributed by atoms with Gasteiger partial charge in [0.1, 0.15) is 5.82 Å². The molecule has 1 aromatic carbocycles. The lowest BCUT2D eigenvalue weighted by Crippen LogP contribution is -2.38. The fourth-order valence-electron chi connectivity index (χ4n) is 4.14. The van der Waals surface area contributed by atoms with E-state index in [-0.39, 0.29) is 17.8 Å². The fourth-order valence-corrected chi connectivity index (χ4v) is 4.14. The van der Waals surface area contributed by atoms with Crippen molar-refractivity contribution < 1.29 is 9.18 Å². The zero-order valence-corrected chi connectivity index (χ0v) is 15.5. The van der Waals surface area contributed by atoms with Gasteiger partial charge in [0.05, 0.1) is 22.6 Å². The third-order valence-electron chi connectivity index (χ3n) is 5.56. The molecule has 2 aliphatic rings. The van der Waals surface area contributed by atoms with Gasteiger partial charge in [-0.1, -0.05) is 0 Å². The first kappa shape index (κ1) is 17.2. The van der Waals surface area contributed by atoms with Gasteiger partial charge in [0.25, 0.3) is 5.91 Å². The Kier molecular flexibility index (Phi) is 4.31. The molecule has 5 nitrogen and oxygen atoms in total. The molecule has 1 aromatic heterocycles. The molecule has 0 spiro atoms. The van der Waals surface area contributed by atoms with Gasteiger partial charge in [0.15, 0.2) is 0 Å². The first-order valence-electron chi connectivity index (χ1n) is 9.33. The predicted molar refractivity (Wildman–Crippen MR) is 98.1 cm³/mol. The smallest absolute Gasteiger partial charge is 0.255 e. The van der Waals surface area contributed by atoms with E-state index in [4.69, 9.17) is 0 Å². The Morgan fingerprint density at radius 1 is 1.23 bits per heavy atom. The van der Waals surface area contributed by atoms with Crippen molar-refractivity contribution in [3.05, 3.63) is 47.0 Å². The summed E-state index contributed by atoms with van der Waals surface area (Å²) in [7, 11) is 0. The number of benzene rings is 1. The van der Waals surface area contributed by atoms with Crippen LogP contribution in [0.4, 0.5) is 4.39 Å². The maximum Gasteiger partial charge on any atom is 0.255 e. The molecule has 2 fully saturated rings. The van der Waals surface area contributed by atoms with Gasteiger partial charge in [-0.05, 0) is 64.3 Å². The third kappa shape index (κ3) is 3.14. The van der Waals surface area contributed by atoms with E-state index in [1.807, 2.05) is 13.8 Å². The van der Waals surface area contributed by atoms with Crippen molar-refractivity contribution >= 4 is 5.91 Å². The summed E-state index contributed by atoms with van der Waals surface area (Å²) in [6.07, 6.45) is 3.56. The summed E-state index contributed by atoms with van der Waals surface area (Å²) in [6.45, 7) is 6.90. The molecule has 1 saturated heterocycles. The number of likely N-dealkylation sites (tertiary alicyclic amines) is 1. The zero-order chi connectivity index (χ0) is 18.4. The molecule has 4 rings (SSSR count). The van der Waals surface area contributed by atoms with Crippen LogP contribution in [0, 0.1) is 19.7 Å². The molecule has 1 amide bonds. The number of nitrogens with zero attached hydrogens (tertiary/aromatic N) is 3. The van der Waals surface area contributed by atoms with E-state index >= 15 is 0 Å². The number of halogens is 1. The van der Waals surface area contributed by atoms with E-state index in [9.17, 15) is 9.18 Å². The highest BCUT2D eigenvalue weighted by atomic mass is 19.1. The van der Waals surface area contributed by atoms with Crippen LogP contribution in [0.5, 0.6) is 0 Å². The topological polar surface area (TPSA) is 50.2 Å². The number of carbonyl (C=O) groups is 1. The molecule has 0 unspecified atom stereocenters. The van der Waals surface area contributed by atoms with Gasteiger partial charge < -0.3 is 5.32 Å². The highest BCUT2D eigenvalue weighted by Crippen LogP contribution is 2.33. The normalized spacial score (nSPS) is 23.4. The van der Waals surface area contributed by atoms with Crippen LogP contribution in [0.2, 0.25) is 0 Å². The minimum atomic E-state index is -0.288. The lowest BCUT2D eigenvalue weighted by atomic mass is 10.1. The van der Waals surface area contributed by atoms with Gasteiger partial charge in [-0.15, -0.1) is 0 Å². The second kappa shape index (κ2) is 6.50. The van der Waals surface area contributed by atoms with Gasteiger partial charge in [-0.2, -0.15) is 5.10 Å². The average Bonchev–Trinajstić information content (AvgIpc) is 3.30. The minimum Gasteiger partial charge on any atom is -0.348 e. The van der Waals surface area contributed by atoms with Crippen LogP contribution in [0.1, 0.15) is 47.9 Å². The summed E-state index contributed by atoms with van der Waals surface area (Å²) >= 11 is 0. The number of nitrogens with one attached hydrogen (secondary N) is 1. The number of hydrogen-bond acceptors (Lipinski definition) is 3. The van der Waals surface area contributed by atoms with E-state index in [0.29, 0.717) is 17.3 Å². The first-order valence-corrected chi connectivity index (χ1v) is 9.33. The van der Waals surface area contributed by atoms with Gasteiger partial charge in [0.2, 0.25) is 0 Å². The summed E-state index contributed by atoms with van der Waals surface area (Å²) < 4.78 is 14.9. The summed E-state index contributed by atoms with van der Waals surface area (Å²) in [5.41, 5.74) is 2.83. The quantitative estimate of drug-likeness (QED) is 0.916. The monoisotopic (exact) mass is 356 g/mol. The largest absolute Gasteiger partial charge is 0.348 e. The maximum atomic E-state index is 13.2. The van der Waals surface area contributed by atoms with Crippen molar-refractivity contribution in [1.82, 2.24) is 20.0 Å². The Bertz CT molecular complexity index is 825. The molecule has 26 heavy (non-hydrogen) atoms. The molecule has 0 radical (unpaired) electrons. The molecule has 1 aliphatic carbocycles. The fraction of sp³-hybridized carbons (Fsp3) is 0.500. The van der Waals surface area contributed by atoms with Crippen LogP contribution in [0.15, 0.2) is 24.3 Å². The molecule has 6 heteroatoms. The van der Waals surface area contributed by atoms with Gasteiger partial charge in [-0.3, -0.25) is 9.69 Å². The lowest BCUT2D eigenvalue weighted by Gasteiger charge is -2.19. The number of aryl methyl sites for hydroxylation is 1. The second-order valence-electron chi connectivity index (χ2n) is 7.62. The van der Waals surface area contributed by atoms with E-state index in [0.717, 1.165) is 30.4 Å². The minimum absolute atomic E-state index is 0.0665. The molecule has 2 aromatic rings. The van der Waals surface area contributed by atoms with Crippen LogP contribution >= 0.6 is 0 Å². The van der Waals surface area contributed by atoms with Crippen molar-refractivity contribution in [3.63, 3.8) is 0 Å². The third-order valence-corrected chi connectivity index (χ3v) is 5.56. The van der Waals surface area contributed by atoms with Crippen molar-refractivity contribution in [2.75, 3.05) is 6.54 Å². The number of carbonyl (C=O) groups excluding carboxylic acids is 1. The summed E-state index contributed by atoms with van der Waals surface area (Å²) in [5, 5.41) is 7.70. The van der Waals surface area contributed by atoms with Gasteiger partial charge >= 0.3 is 0 Å². The average molecular weight is 356 g/mol. The summed E-state index contributed by atoms with van der Waals surface area (Å²) in [4.78, 5) is 15.4. The Balaban J connectivity index is 1.52. The van der Waals surface area contributed by atoms with Gasteiger partial charge in [0, 0.05) is 24.7 Å². The highest BCUT2D eigenvalue weighted by molar-refractivity contribution is 5.96. The van der Waals surface area contributed by atoms with Crippen LogP contribution < -0.4 is 5.32 Å². The zero-order valence-electron chi connectivity index (χ0n) is 15.5.